The van der Waals surface area contributed by atoms with Crippen LogP contribution in [0.3, 0.4) is 0 Å². The molecule has 3 nitrogen and oxygen atoms in total. The molecule has 0 aliphatic carbocycles. The van der Waals surface area contributed by atoms with E-state index < -0.39 is 5.41 Å². The Hall–Kier alpha value is -6.55. The molecule has 0 N–H and O–H groups in total. The van der Waals surface area contributed by atoms with Crippen LogP contribution in [0.2, 0.25) is 0 Å². The summed E-state index contributed by atoms with van der Waals surface area (Å²) < 4.78 is 13.7. The molecule has 79 heavy (non-hydrogen) atoms. The van der Waals surface area contributed by atoms with Crippen LogP contribution in [-0.4, -0.2) is 39.9 Å². The standard InChI is InChI=1S/C31H19B2ClO.C18H12BBrO.C13H8BClO.C4H9.CH4.B.Li/c34-33-25-15-5-2-11-21(25)31(22-12-3-6-16-26(22)33)20-10-1-4-14-24(20)32-27-17-7-8-18-28(27)35-29-19-9-13-23(31)30(29)32;20-16-10-4-1-7-13(16)19-14-8-2-5-11-17(14)21-18-12-6-3-9-15(18)19;15-14-11-7-3-1-5-9(11)13(16)10-6-2-4-8-12(10)14;1-3-4-2;;;/h1-19H;1-12H;1-8H;1,3-4H2,2H3;1H4;;/q;;;-1;;;+1. The van der Waals surface area contributed by atoms with Crippen molar-refractivity contribution in [1.82, 2.24) is 0 Å². The molecule has 5 aliphatic heterocycles. The number of rotatable bonds is 2. The Bertz CT molecular complexity index is 3700. The summed E-state index contributed by atoms with van der Waals surface area (Å²) >= 11 is 17.3. The van der Waals surface area contributed by atoms with E-state index in [0.717, 1.165) is 55.9 Å². The van der Waals surface area contributed by atoms with Crippen molar-refractivity contribution in [2.75, 3.05) is 0 Å². The third-order valence-corrected chi connectivity index (χ3v) is 17.0. The molecule has 3 radical (unpaired) electrons. The number of hydrogen-bond acceptors (Lipinski definition) is 3. The van der Waals surface area contributed by atoms with Crippen LogP contribution in [-0.2, 0) is 5.41 Å². The maximum absolute atomic E-state index is 12.2. The summed E-state index contributed by atoms with van der Waals surface area (Å²) in [6.07, 6.45) is 1.87. The number of ketones is 1. The van der Waals surface area contributed by atoms with Gasteiger partial charge in [0.25, 0.3) is 13.4 Å². The van der Waals surface area contributed by atoms with E-state index in [1.54, 1.807) is 0 Å². The summed E-state index contributed by atoms with van der Waals surface area (Å²) in [6.45, 7) is 6.04. The SMILES string of the molecule is Brc1ccccc1B1c2ccccc2Oc2ccccc21.C.ClB1c2ccccc2C2(c3ccccc31)c1ccccc1B1c3ccccc3Oc3cccc2c31.O=C1c2ccccc2B(Cl)c2ccccc21.[B].[CH2-]CCC.[Li+]. The Morgan fingerprint density at radius 2 is 0.759 bits per heavy atom. The molecule has 0 saturated carbocycles. The number of carbonyl (C=O) groups excluding carboxylic acids is 1. The monoisotopic (exact) mass is 1120 g/mol. The van der Waals surface area contributed by atoms with Crippen molar-refractivity contribution in [2.45, 2.75) is 32.6 Å². The van der Waals surface area contributed by atoms with Gasteiger partial charge in [-0.15, -0.1) is 0 Å². The van der Waals surface area contributed by atoms with Gasteiger partial charge in [-0.05, 0) is 85.4 Å². The van der Waals surface area contributed by atoms with Crippen molar-refractivity contribution < 1.29 is 33.1 Å². The van der Waals surface area contributed by atoms with Crippen LogP contribution in [0.15, 0.2) is 241 Å². The summed E-state index contributed by atoms with van der Waals surface area (Å²) in [5.74, 6) is 3.85. The molecule has 0 unspecified atom stereocenters. The number of hydrogen-bond donors (Lipinski definition) is 0. The average molecular weight is 1120 g/mol. The van der Waals surface area contributed by atoms with Crippen molar-refractivity contribution in [3.05, 3.63) is 281 Å². The zero-order valence-electron chi connectivity index (χ0n) is 43.4. The topological polar surface area (TPSA) is 35.5 Å². The van der Waals surface area contributed by atoms with E-state index in [-0.39, 0.29) is 66.2 Å². The molecule has 0 bridgehead atoms. The molecule has 375 valence electrons. The minimum absolute atomic E-state index is 0. The second-order valence-corrected chi connectivity index (χ2v) is 21.2. The van der Waals surface area contributed by atoms with Gasteiger partial charge < -0.3 is 16.4 Å². The summed E-state index contributed by atoms with van der Waals surface area (Å²) in [7, 11) is 0. The zero-order chi connectivity index (χ0) is 51.9. The van der Waals surface area contributed by atoms with E-state index in [2.05, 4.69) is 188 Å². The Morgan fingerprint density at radius 1 is 0.430 bits per heavy atom. The first-order valence-electron chi connectivity index (χ1n) is 25.9. The quantitative estimate of drug-likeness (QED) is 0.136. The van der Waals surface area contributed by atoms with E-state index in [1.807, 2.05) is 78.9 Å². The van der Waals surface area contributed by atoms with Gasteiger partial charge in [0.15, 0.2) is 5.78 Å². The van der Waals surface area contributed by atoms with Crippen LogP contribution in [0.5, 0.6) is 23.0 Å². The van der Waals surface area contributed by atoms with Crippen molar-refractivity contribution in [3.63, 3.8) is 0 Å². The van der Waals surface area contributed by atoms with Gasteiger partial charge in [-0.2, -0.15) is 29.3 Å². The molecule has 10 aromatic rings. The van der Waals surface area contributed by atoms with Crippen LogP contribution < -0.4 is 83.0 Å². The predicted molar refractivity (Wildman–Crippen MR) is 338 cm³/mol. The third-order valence-electron chi connectivity index (χ3n) is 15.4. The van der Waals surface area contributed by atoms with Crippen molar-refractivity contribution in [2.24, 2.45) is 0 Å². The van der Waals surface area contributed by atoms with Crippen molar-refractivity contribution in [3.8, 4) is 23.0 Å². The van der Waals surface area contributed by atoms with Gasteiger partial charge in [0.2, 0.25) is 0 Å². The molecule has 0 amide bonds. The molecule has 0 fully saturated rings. The first kappa shape index (κ1) is 57.1. The molecular formula is C67H52B5BrCl2LiO3. The maximum atomic E-state index is 12.2. The number of carbonyl (C=O) groups is 1. The maximum Gasteiger partial charge on any atom is 1.00 e. The van der Waals surface area contributed by atoms with Gasteiger partial charge in [0, 0.05) is 24.0 Å². The van der Waals surface area contributed by atoms with Crippen LogP contribution in [0, 0.1) is 6.92 Å². The molecule has 5 aliphatic rings. The Kier molecular flexibility index (Phi) is 17.7. The van der Waals surface area contributed by atoms with Crippen LogP contribution >= 0.6 is 38.9 Å². The Labute approximate surface area is 499 Å². The normalized spacial score (nSPS) is 13.2. The van der Waals surface area contributed by atoms with Gasteiger partial charge in [-0.25, -0.2) is 0 Å². The van der Waals surface area contributed by atoms with Gasteiger partial charge in [0.1, 0.15) is 23.0 Å². The summed E-state index contributed by atoms with van der Waals surface area (Å²) in [4.78, 5) is 12.2. The minimum atomic E-state index is -0.466. The van der Waals surface area contributed by atoms with E-state index in [9.17, 15) is 4.79 Å². The summed E-state index contributed by atoms with van der Waals surface area (Å²) in [6, 6.07) is 81.5. The number of ether oxygens (including phenoxy) is 2. The van der Waals surface area contributed by atoms with Crippen molar-refractivity contribution in [1.29, 1.82) is 0 Å². The van der Waals surface area contributed by atoms with Crippen molar-refractivity contribution >= 4 is 133 Å². The Morgan fingerprint density at radius 3 is 1.24 bits per heavy atom. The smallest absolute Gasteiger partial charge is 0.458 e. The molecule has 1 spiro atoms. The second kappa shape index (κ2) is 24.4. The average Bonchev–Trinajstić information content (AvgIpc) is 3.62. The molecule has 15 rings (SSSR count). The summed E-state index contributed by atoms with van der Waals surface area (Å²) in [5.41, 5.74) is 17.8. The first-order chi connectivity index (χ1) is 37.3. The number of unbranched alkanes of at least 4 members (excludes halogenated alkanes) is 1. The molecule has 0 aromatic heterocycles. The van der Waals surface area contributed by atoms with E-state index >= 15 is 0 Å². The third kappa shape index (κ3) is 9.81. The minimum Gasteiger partial charge on any atom is -0.458 e. The molecular weight excluding hydrogens is 1060 g/mol. The van der Waals surface area contributed by atoms with E-state index in [1.165, 1.54) is 72.4 Å². The molecule has 5 heterocycles. The van der Waals surface area contributed by atoms with E-state index in [0.29, 0.717) is 0 Å². The fourth-order valence-corrected chi connectivity index (χ4v) is 13.3. The van der Waals surface area contributed by atoms with E-state index in [4.69, 9.17) is 32.4 Å². The first-order valence-corrected chi connectivity index (χ1v) is 27.6. The van der Waals surface area contributed by atoms with Gasteiger partial charge >= 0.3 is 31.1 Å². The fourth-order valence-electron chi connectivity index (χ4n) is 12.0. The number of para-hydroxylation sites is 3. The predicted octanol–water partition coefficient (Wildman–Crippen LogP) is 7.19. The summed E-state index contributed by atoms with van der Waals surface area (Å²) in [5, 5.41) is 0. The Balaban J connectivity index is 0.000000147. The van der Waals surface area contributed by atoms with Gasteiger partial charge in [-0.1, -0.05) is 265 Å². The molecule has 0 atom stereocenters. The number of benzene rings is 10. The van der Waals surface area contributed by atoms with Crippen LogP contribution in [0.1, 0.15) is 65.4 Å². The molecule has 0 saturated heterocycles. The number of fused-ring (bicyclic) bond motifs is 14. The second-order valence-electron chi connectivity index (χ2n) is 19.5. The number of halogens is 3. The molecule has 12 heteroatoms. The molecule has 10 aromatic carbocycles. The van der Waals surface area contributed by atoms with Crippen LogP contribution in [0.25, 0.3) is 0 Å². The largest absolute Gasteiger partial charge is 1.00 e. The van der Waals surface area contributed by atoms with Gasteiger partial charge in [-0.3, -0.25) is 4.79 Å². The zero-order valence-corrected chi connectivity index (χ0v) is 46.5. The van der Waals surface area contributed by atoms with Crippen LogP contribution in [0.4, 0.5) is 0 Å². The fraction of sp³-hybridized carbons (Fsp3) is 0.0746. The van der Waals surface area contributed by atoms with Gasteiger partial charge in [0.05, 0.1) is 5.41 Å².